The van der Waals surface area contributed by atoms with Gasteiger partial charge in [0.25, 0.3) is 0 Å². The van der Waals surface area contributed by atoms with Gasteiger partial charge in [0.2, 0.25) is 0 Å². The zero-order chi connectivity index (χ0) is 7.40. The molecule has 0 bridgehead atoms. The zero-order valence-corrected chi connectivity index (χ0v) is 5.38. The van der Waals surface area contributed by atoms with E-state index in [2.05, 4.69) is 11.0 Å². The summed E-state index contributed by atoms with van der Waals surface area (Å²) in [5, 5.41) is 9.87. The molecule has 1 fully saturated rings. The lowest BCUT2D eigenvalue weighted by molar-refractivity contribution is 0.267. The number of hydrogen-bond donors (Lipinski definition) is 1. The summed E-state index contributed by atoms with van der Waals surface area (Å²) in [6.45, 7) is 3.76. The zero-order valence-electron chi connectivity index (χ0n) is 6.38. The third-order valence-electron chi connectivity index (χ3n) is 1.44. The van der Waals surface area contributed by atoms with E-state index in [9.17, 15) is 0 Å². The highest BCUT2D eigenvalue weighted by Crippen LogP contribution is 1.88. The van der Waals surface area contributed by atoms with Crippen LogP contribution in [0.2, 0.25) is 1.41 Å². The molecule has 1 aliphatic heterocycles. The maximum atomic E-state index is 8.33. The van der Waals surface area contributed by atoms with Crippen LogP contribution >= 0.6 is 0 Å². The molecular weight excluding hydrogens is 114 g/mol. The predicted octanol–water partition coefficient (Wildman–Crippen LogP) is -0.585. The van der Waals surface area contributed by atoms with Crippen molar-refractivity contribution in [2.75, 3.05) is 32.7 Å². The van der Waals surface area contributed by atoms with E-state index < -0.39 is 0 Å². The average Bonchev–Trinajstić information content (AvgIpc) is 1.95. The van der Waals surface area contributed by atoms with Crippen LogP contribution < -0.4 is 5.31 Å². The predicted molar refractivity (Wildman–Crippen MR) is 34.9 cm³/mol. The van der Waals surface area contributed by atoms with Crippen molar-refractivity contribution in [1.29, 1.82) is 5.26 Å². The molecule has 3 heteroatoms. The monoisotopic (exact) mass is 127 g/mol. The summed E-state index contributed by atoms with van der Waals surface area (Å²) >= 11 is 0. The highest BCUT2D eigenvalue weighted by molar-refractivity contribution is 4.79. The Bertz CT molecular complexity index is 134. The third kappa shape index (κ3) is 2.00. The Morgan fingerprint density at radius 2 is 2.33 bits per heavy atom. The first-order chi connectivity index (χ1) is 4.83. The molecule has 0 amide bonds. The van der Waals surface area contributed by atoms with Crippen LogP contribution in [0.1, 0.15) is 0 Å². The minimum Gasteiger partial charge on any atom is -0.314 e. The van der Waals surface area contributed by atoms with Gasteiger partial charge in [-0.25, -0.2) is 0 Å². The van der Waals surface area contributed by atoms with Crippen molar-refractivity contribution in [3.05, 3.63) is 0 Å². The molecule has 1 saturated heterocycles. The van der Waals surface area contributed by atoms with Gasteiger partial charge in [0.15, 0.2) is 0 Å². The summed E-state index contributed by atoms with van der Waals surface area (Å²) in [6, 6.07) is 2.10. The Morgan fingerprint density at radius 1 is 1.67 bits per heavy atom. The SMILES string of the molecule is [3H]N1CCN(CC#N)CC1. The lowest BCUT2D eigenvalue weighted by atomic mass is 10.4. The molecule has 0 aromatic carbocycles. The third-order valence-corrected chi connectivity index (χ3v) is 1.44. The topological polar surface area (TPSA) is 39.1 Å². The van der Waals surface area contributed by atoms with Crippen molar-refractivity contribution in [2.45, 2.75) is 0 Å². The van der Waals surface area contributed by atoms with Crippen LogP contribution in [-0.4, -0.2) is 37.6 Å². The molecular formula is C6H11N3. The summed E-state index contributed by atoms with van der Waals surface area (Å²) in [5.41, 5.74) is 0. The summed E-state index contributed by atoms with van der Waals surface area (Å²) in [6.07, 6.45) is 0. The standard InChI is InChI=1S/C6H11N3/c7-1-4-9-5-2-8-3-6-9/h8H,2-6H2/i/hT. The molecule has 3 nitrogen and oxygen atoms in total. The van der Waals surface area contributed by atoms with Crippen molar-refractivity contribution < 1.29 is 1.41 Å². The Kier molecular flexibility index (Phi) is 1.99. The summed E-state index contributed by atoms with van der Waals surface area (Å²) in [4.78, 5) is 2.06. The normalized spacial score (nSPS) is 25.0. The molecule has 1 N–H and O–H groups in total. The molecule has 1 rings (SSSR count). The van der Waals surface area contributed by atoms with E-state index in [1.807, 2.05) is 0 Å². The number of rotatable bonds is 1. The lowest BCUT2D eigenvalue weighted by Crippen LogP contribution is -2.43. The maximum Gasteiger partial charge on any atom is 0.122 e. The minimum absolute atomic E-state index is 0.508. The second-order valence-corrected chi connectivity index (χ2v) is 2.11. The van der Waals surface area contributed by atoms with E-state index in [0.717, 1.165) is 26.2 Å². The minimum atomic E-state index is 0.508. The van der Waals surface area contributed by atoms with Crippen LogP contribution in [0.4, 0.5) is 0 Å². The molecule has 0 aromatic rings. The van der Waals surface area contributed by atoms with Gasteiger partial charge in [-0.1, -0.05) is 0 Å². The van der Waals surface area contributed by atoms with Crippen LogP contribution in [0.5, 0.6) is 0 Å². The summed E-state index contributed by atoms with van der Waals surface area (Å²) in [7, 11) is 0. The van der Waals surface area contributed by atoms with Gasteiger partial charge in [-0.2, -0.15) is 5.26 Å². The average molecular weight is 127 g/mol. The second kappa shape index (κ2) is 3.44. The Labute approximate surface area is 56.7 Å². The molecule has 0 saturated carbocycles. The number of hydrogen-bond acceptors (Lipinski definition) is 3. The van der Waals surface area contributed by atoms with E-state index in [-0.39, 0.29) is 0 Å². The van der Waals surface area contributed by atoms with E-state index in [0.29, 0.717) is 6.54 Å². The highest BCUT2D eigenvalue weighted by atomic mass is 15.2. The van der Waals surface area contributed by atoms with E-state index >= 15 is 0 Å². The van der Waals surface area contributed by atoms with E-state index in [1.54, 1.807) is 0 Å². The van der Waals surface area contributed by atoms with Gasteiger partial charge in [-0.3, -0.25) is 4.90 Å². The fourth-order valence-electron chi connectivity index (χ4n) is 0.906. The van der Waals surface area contributed by atoms with Gasteiger partial charge < -0.3 is 5.31 Å². The first kappa shape index (κ1) is 5.21. The first-order valence-corrected chi connectivity index (χ1v) is 3.16. The van der Waals surface area contributed by atoms with Gasteiger partial charge in [0.05, 0.1) is 12.6 Å². The van der Waals surface area contributed by atoms with Gasteiger partial charge in [0.1, 0.15) is 1.41 Å². The second-order valence-electron chi connectivity index (χ2n) is 2.11. The number of nitriles is 1. The maximum absolute atomic E-state index is 8.33. The highest BCUT2D eigenvalue weighted by Gasteiger charge is 2.06. The molecule has 9 heavy (non-hydrogen) atoms. The molecule has 0 radical (unpaired) electrons. The number of nitrogens with zero attached hydrogens (tertiary/aromatic N) is 2. The van der Waals surface area contributed by atoms with Gasteiger partial charge in [-0.15, -0.1) is 0 Å². The Balaban J connectivity index is 2.21. The van der Waals surface area contributed by atoms with Gasteiger partial charge in [-0.05, 0) is 0 Å². The molecule has 1 aliphatic rings. The van der Waals surface area contributed by atoms with Gasteiger partial charge in [0, 0.05) is 26.2 Å². The van der Waals surface area contributed by atoms with Crippen molar-refractivity contribution in [2.24, 2.45) is 0 Å². The van der Waals surface area contributed by atoms with Crippen LogP contribution in [0.3, 0.4) is 0 Å². The lowest BCUT2D eigenvalue weighted by Gasteiger charge is -2.24. The van der Waals surface area contributed by atoms with E-state index in [1.165, 1.54) is 5.31 Å². The van der Waals surface area contributed by atoms with Crippen molar-refractivity contribution >= 4 is 0 Å². The van der Waals surface area contributed by atoms with E-state index in [4.69, 9.17) is 6.67 Å². The molecule has 0 aromatic heterocycles. The fraction of sp³-hybridized carbons (Fsp3) is 0.833. The fourth-order valence-corrected chi connectivity index (χ4v) is 0.906. The molecule has 1 heterocycles. The quantitative estimate of drug-likeness (QED) is 0.479. The van der Waals surface area contributed by atoms with Crippen LogP contribution in [0.15, 0.2) is 0 Å². The molecule has 0 unspecified atom stereocenters. The van der Waals surface area contributed by atoms with Crippen LogP contribution in [0.25, 0.3) is 0 Å². The Morgan fingerprint density at radius 3 is 2.89 bits per heavy atom. The number of piperazine rings is 1. The molecule has 0 aliphatic carbocycles. The number of nitrogens with one attached hydrogen (secondary N) is 1. The van der Waals surface area contributed by atoms with Crippen LogP contribution in [-0.2, 0) is 0 Å². The molecule has 0 atom stereocenters. The smallest absolute Gasteiger partial charge is 0.122 e. The Hall–Kier alpha value is -0.590. The van der Waals surface area contributed by atoms with Crippen molar-refractivity contribution in [3.8, 4) is 6.07 Å². The van der Waals surface area contributed by atoms with Crippen LogP contribution in [0, 0.1) is 11.3 Å². The molecule has 0 spiro atoms. The van der Waals surface area contributed by atoms with Crippen molar-refractivity contribution in [1.82, 2.24) is 10.2 Å². The largest absolute Gasteiger partial charge is 0.314 e. The molecule has 50 valence electrons. The van der Waals surface area contributed by atoms with Crippen molar-refractivity contribution in [3.63, 3.8) is 0 Å². The summed E-state index contributed by atoms with van der Waals surface area (Å²) in [5.74, 6) is 0. The van der Waals surface area contributed by atoms with Gasteiger partial charge >= 0.3 is 0 Å². The first-order valence-electron chi connectivity index (χ1n) is 3.61. The summed E-state index contributed by atoms with van der Waals surface area (Å²) < 4.78 is 7.22.